The lowest BCUT2D eigenvalue weighted by molar-refractivity contribution is 0.626. The van der Waals surface area contributed by atoms with Crippen LogP contribution in [-0.2, 0) is 6.42 Å². The van der Waals surface area contributed by atoms with Crippen LogP contribution in [0.3, 0.4) is 0 Å². The first-order valence-electron chi connectivity index (χ1n) is 5.70. The second kappa shape index (κ2) is 6.06. The summed E-state index contributed by atoms with van der Waals surface area (Å²) in [6, 6.07) is 13.3. The van der Waals surface area contributed by atoms with Gasteiger partial charge in [0.05, 0.1) is 12.0 Å². The van der Waals surface area contributed by atoms with Crippen LogP contribution >= 0.6 is 23.2 Å². The summed E-state index contributed by atoms with van der Waals surface area (Å²) in [5.74, 6) is -0.728. The number of nitrogens with zero attached hydrogens (tertiary/aromatic N) is 1. The summed E-state index contributed by atoms with van der Waals surface area (Å²) in [7, 11) is 0. The second-order valence-corrected chi connectivity index (χ2v) is 4.95. The van der Waals surface area contributed by atoms with Gasteiger partial charge in [0.2, 0.25) is 0 Å². The molecule has 4 heteroatoms. The lowest BCUT2D eigenvalue weighted by Crippen LogP contribution is -2.02. The van der Waals surface area contributed by atoms with Crippen molar-refractivity contribution in [3.05, 3.63) is 69.5 Å². The predicted molar refractivity (Wildman–Crippen MR) is 74.9 cm³/mol. The first kappa shape index (κ1) is 13.9. The molecule has 0 aromatic heterocycles. The van der Waals surface area contributed by atoms with E-state index in [9.17, 15) is 9.65 Å². The van der Waals surface area contributed by atoms with Crippen LogP contribution in [0.5, 0.6) is 0 Å². The van der Waals surface area contributed by atoms with E-state index in [1.807, 2.05) is 0 Å². The quantitative estimate of drug-likeness (QED) is 0.783. The van der Waals surface area contributed by atoms with Gasteiger partial charge in [-0.05, 0) is 41.8 Å². The van der Waals surface area contributed by atoms with Gasteiger partial charge in [-0.15, -0.1) is 0 Å². The highest BCUT2D eigenvalue weighted by molar-refractivity contribution is 6.36. The minimum absolute atomic E-state index is 0.323. The third kappa shape index (κ3) is 3.26. The van der Waals surface area contributed by atoms with Crippen LogP contribution in [0, 0.1) is 17.1 Å². The van der Waals surface area contributed by atoms with Crippen LogP contribution in [0.15, 0.2) is 42.5 Å². The summed E-state index contributed by atoms with van der Waals surface area (Å²) in [6.45, 7) is 0. The average molecular weight is 294 g/mol. The third-order valence-corrected chi connectivity index (χ3v) is 3.61. The molecular weight excluding hydrogens is 284 g/mol. The van der Waals surface area contributed by atoms with Crippen molar-refractivity contribution in [2.24, 2.45) is 0 Å². The van der Waals surface area contributed by atoms with E-state index in [-0.39, 0.29) is 5.82 Å². The summed E-state index contributed by atoms with van der Waals surface area (Å²) in [4.78, 5) is 0. The number of nitriles is 1. The van der Waals surface area contributed by atoms with Gasteiger partial charge >= 0.3 is 0 Å². The van der Waals surface area contributed by atoms with Crippen molar-refractivity contribution in [2.75, 3.05) is 0 Å². The molecule has 0 bridgehead atoms. The Morgan fingerprint density at radius 2 is 1.63 bits per heavy atom. The molecule has 2 rings (SSSR count). The van der Waals surface area contributed by atoms with Crippen LogP contribution < -0.4 is 0 Å². The van der Waals surface area contributed by atoms with E-state index in [1.165, 1.54) is 12.1 Å². The molecule has 1 atom stereocenters. The molecule has 0 amide bonds. The first-order chi connectivity index (χ1) is 9.11. The Balaban J connectivity index is 2.30. The van der Waals surface area contributed by atoms with Crippen LogP contribution in [0.2, 0.25) is 10.0 Å². The Morgan fingerprint density at radius 1 is 1.05 bits per heavy atom. The third-order valence-electron chi connectivity index (χ3n) is 2.90. The fourth-order valence-corrected chi connectivity index (χ4v) is 2.42. The van der Waals surface area contributed by atoms with Crippen molar-refractivity contribution in [1.82, 2.24) is 0 Å². The Morgan fingerprint density at radius 3 is 2.16 bits per heavy atom. The Kier molecular flexibility index (Phi) is 4.42. The fourth-order valence-electron chi connectivity index (χ4n) is 1.86. The molecule has 0 spiro atoms. The minimum atomic E-state index is -0.405. The van der Waals surface area contributed by atoms with Gasteiger partial charge in [0.1, 0.15) is 5.82 Å². The maximum atomic E-state index is 12.9. The fraction of sp³-hybridized carbons (Fsp3) is 0.133. The number of hydrogen-bond donors (Lipinski definition) is 0. The van der Waals surface area contributed by atoms with Gasteiger partial charge in [-0.25, -0.2) is 4.39 Å². The van der Waals surface area contributed by atoms with E-state index in [2.05, 4.69) is 6.07 Å². The highest BCUT2D eigenvalue weighted by Gasteiger charge is 2.15. The molecule has 0 N–H and O–H groups in total. The topological polar surface area (TPSA) is 23.8 Å². The van der Waals surface area contributed by atoms with E-state index in [4.69, 9.17) is 23.2 Å². The molecule has 1 nitrogen and oxygen atoms in total. The summed E-state index contributed by atoms with van der Waals surface area (Å²) in [5.41, 5.74) is 1.49. The average Bonchev–Trinajstić information content (AvgIpc) is 2.40. The molecule has 0 aliphatic rings. The Bertz CT molecular complexity index is 597. The second-order valence-electron chi connectivity index (χ2n) is 4.14. The maximum absolute atomic E-state index is 12.9. The molecule has 0 aliphatic carbocycles. The minimum Gasteiger partial charge on any atom is -0.207 e. The molecule has 0 saturated carbocycles. The summed E-state index contributed by atoms with van der Waals surface area (Å²) < 4.78 is 12.9. The molecule has 2 aromatic carbocycles. The van der Waals surface area contributed by atoms with Crippen LogP contribution in [0.25, 0.3) is 0 Å². The zero-order chi connectivity index (χ0) is 13.8. The van der Waals surface area contributed by atoms with Crippen molar-refractivity contribution in [3.8, 4) is 6.07 Å². The van der Waals surface area contributed by atoms with Crippen molar-refractivity contribution in [2.45, 2.75) is 12.3 Å². The molecule has 0 aliphatic heterocycles. The number of benzene rings is 2. The number of halogens is 3. The SMILES string of the molecule is N#CC(Cc1c(Cl)cccc1Cl)c1ccc(F)cc1. The van der Waals surface area contributed by atoms with Gasteiger partial charge in [0.15, 0.2) is 0 Å². The highest BCUT2D eigenvalue weighted by Crippen LogP contribution is 2.30. The molecule has 96 valence electrons. The molecule has 1 unspecified atom stereocenters. The number of hydrogen-bond acceptors (Lipinski definition) is 1. The van der Waals surface area contributed by atoms with Gasteiger partial charge in [0.25, 0.3) is 0 Å². The normalized spacial score (nSPS) is 11.9. The lowest BCUT2D eigenvalue weighted by Gasteiger charge is -2.12. The van der Waals surface area contributed by atoms with Crippen LogP contribution in [0.1, 0.15) is 17.0 Å². The van der Waals surface area contributed by atoms with Gasteiger partial charge in [-0.2, -0.15) is 5.26 Å². The predicted octanol–water partition coefficient (Wildman–Crippen LogP) is 4.98. The zero-order valence-corrected chi connectivity index (χ0v) is 11.4. The monoisotopic (exact) mass is 293 g/mol. The van der Waals surface area contributed by atoms with E-state index < -0.39 is 5.92 Å². The van der Waals surface area contributed by atoms with E-state index in [1.54, 1.807) is 30.3 Å². The van der Waals surface area contributed by atoms with Gasteiger partial charge in [-0.1, -0.05) is 41.4 Å². The molecular formula is C15H10Cl2FN. The zero-order valence-electron chi connectivity index (χ0n) is 9.91. The molecule has 0 saturated heterocycles. The molecule has 0 radical (unpaired) electrons. The standard InChI is InChI=1S/C15H10Cl2FN/c16-14-2-1-3-15(17)13(14)8-11(9-19)10-4-6-12(18)7-5-10/h1-7,11H,8H2. The summed E-state index contributed by atoms with van der Waals surface area (Å²) in [5, 5.41) is 10.3. The lowest BCUT2D eigenvalue weighted by atomic mass is 9.93. The first-order valence-corrected chi connectivity index (χ1v) is 6.45. The van der Waals surface area contributed by atoms with E-state index in [0.717, 1.165) is 11.1 Å². The van der Waals surface area contributed by atoms with E-state index >= 15 is 0 Å². The Hall–Kier alpha value is -1.56. The van der Waals surface area contributed by atoms with Crippen LogP contribution in [0.4, 0.5) is 4.39 Å². The van der Waals surface area contributed by atoms with Crippen LogP contribution in [-0.4, -0.2) is 0 Å². The van der Waals surface area contributed by atoms with Gasteiger partial charge < -0.3 is 0 Å². The number of rotatable bonds is 3. The largest absolute Gasteiger partial charge is 0.207 e. The van der Waals surface area contributed by atoms with Gasteiger partial charge in [-0.3, -0.25) is 0 Å². The molecule has 19 heavy (non-hydrogen) atoms. The Labute approximate surface area is 121 Å². The van der Waals surface area contributed by atoms with E-state index in [0.29, 0.717) is 16.5 Å². The van der Waals surface area contributed by atoms with Crippen molar-refractivity contribution < 1.29 is 4.39 Å². The van der Waals surface area contributed by atoms with Crippen molar-refractivity contribution in [1.29, 1.82) is 5.26 Å². The molecule has 0 fully saturated rings. The summed E-state index contributed by atoms with van der Waals surface area (Å²) >= 11 is 12.2. The van der Waals surface area contributed by atoms with Crippen molar-refractivity contribution in [3.63, 3.8) is 0 Å². The van der Waals surface area contributed by atoms with Crippen molar-refractivity contribution >= 4 is 23.2 Å². The van der Waals surface area contributed by atoms with Gasteiger partial charge in [0, 0.05) is 10.0 Å². The summed E-state index contributed by atoms with van der Waals surface area (Å²) in [6.07, 6.45) is 0.403. The molecule has 0 heterocycles. The maximum Gasteiger partial charge on any atom is 0.123 e. The highest BCUT2D eigenvalue weighted by atomic mass is 35.5. The smallest absolute Gasteiger partial charge is 0.123 e. The molecule has 2 aromatic rings.